The average Bonchev–Trinajstić information content (AvgIpc) is 3.09. The first-order chi connectivity index (χ1) is 12.6. The summed E-state index contributed by atoms with van der Waals surface area (Å²) < 4.78 is 6.02. The highest BCUT2D eigenvalue weighted by molar-refractivity contribution is 6.07. The highest BCUT2D eigenvalue weighted by Gasteiger charge is 2.14. The summed E-state index contributed by atoms with van der Waals surface area (Å²) in [5.74, 6) is -1.10. The van der Waals surface area contributed by atoms with Gasteiger partial charge in [-0.15, -0.1) is 0 Å². The van der Waals surface area contributed by atoms with Gasteiger partial charge in [-0.2, -0.15) is 5.10 Å². The van der Waals surface area contributed by atoms with Crippen LogP contribution in [-0.4, -0.2) is 40.3 Å². The Hall–Kier alpha value is -3.46. The van der Waals surface area contributed by atoms with Crippen molar-refractivity contribution in [2.45, 2.75) is 6.54 Å². The number of carbonyl (C=O) groups is 2. The fourth-order valence-electron chi connectivity index (χ4n) is 2.41. The van der Waals surface area contributed by atoms with Crippen LogP contribution < -0.4 is 16.4 Å². The number of aromatic nitrogens is 3. The first-order valence-corrected chi connectivity index (χ1v) is 7.84. The van der Waals surface area contributed by atoms with Gasteiger partial charge >= 0.3 is 0 Å². The number of carbonyl (C=O) groups excluding carboxylic acids is 2. The van der Waals surface area contributed by atoms with E-state index in [1.165, 1.54) is 19.2 Å². The van der Waals surface area contributed by atoms with Gasteiger partial charge in [0, 0.05) is 30.3 Å². The number of amides is 2. The number of aromatic amines is 1. The SMILES string of the molecule is COCCn1nc(C(=O)NNC(=O)c2c[nH]c3ccccc23)ccc1=O. The largest absolute Gasteiger partial charge is 0.383 e. The van der Waals surface area contributed by atoms with Crippen LogP contribution in [0.1, 0.15) is 20.8 Å². The van der Waals surface area contributed by atoms with Crippen LogP contribution in [0.25, 0.3) is 10.9 Å². The lowest BCUT2D eigenvalue weighted by molar-refractivity contribution is 0.0843. The summed E-state index contributed by atoms with van der Waals surface area (Å²) in [5, 5.41) is 4.70. The predicted molar refractivity (Wildman–Crippen MR) is 93.6 cm³/mol. The third-order valence-corrected chi connectivity index (χ3v) is 3.73. The van der Waals surface area contributed by atoms with E-state index in [0.29, 0.717) is 5.56 Å². The van der Waals surface area contributed by atoms with Gasteiger partial charge in [-0.05, 0) is 12.1 Å². The van der Waals surface area contributed by atoms with Crippen molar-refractivity contribution in [1.29, 1.82) is 0 Å². The van der Waals surface area contributed by atoms with Crippen LogP contribution >= 0.6 is 0 Å². The molecule has 1 aromatic carbocycles. The molecule has 0 unspecified atom stereocenters. The minimum Gasteiger partial charge on any atom is -0.383 e. The molecule has 26 heavy (non-hydrogen) atoms. The molecule has 134 valence electrons. The zero-order valence-electron chi connectivity index (χ0n) is 14.0. The molecule has 9 nitrogen and oxygen atoms in total. The maximum atomic E-state index is 12.3. The number of nitrogens with one attached hydrogen (secondary N) is 3. The van der Waals surface area contributed by atoms with Crippen molar-refractivity contribution in [2.24, 2.45) is 0 Å². The van der Waals surface area contributed by atoms with Gasteiger partial charge in [0.05, 0.1) is 18.7 Å². The molecule has 0 atom stereocenters. The number of H-pyrrole nitrogens is 1. The Kier molecular flexibility index (Phi) is 5.09. The Balaban J connectivity index is 1.68. The lowest BCUT2D eigenvalue weighted by atomic mass is 10.2. The van der Waals surface area contributed by atoms with E-state index in [1.807, 2.05) is 18.2 Å². The van der Waals surface area contributed by atoms with Crippen molar-refractivity contribution < 1.29 is 14.3 Å². The maximum Gasteiger partial charge on any atom is 0.290 e. The topological polar surface area (TPSA) is 118 Å². The van der Waals surface area contributed by atoms with E-state index in [-0.39, 0.29) is 24.4 Å². The van der Waals surface area contributed by atoms with Crippen molar-refractivity contribution in [3.63, 3.8) is 0 Å². The lowest BCUT2D eigenvalue weighted by Crippen LogP contribution is -2.42. The Morgan fingerprint density at radius 3 is 2.73 bits per heavy atom. The second-order valence-corrected chi connectivity index (χ2v) is 5.43. The molecule has 3 N–H and O–H groups in total. The van der Waals surface area contributed by atoms with E-state index in [0.717, 1.165) is 15.6 Å². The molecule has 2 aromatic heterocycles. The van der Waals surface area contributed by atoms with Gasteiger partial charge in [0.25, 0.3) is 17.4 Å². The summed E-state index contributed by atoms with van der Waals surface area (Å²) in [6.45, 7) is 0.507. The summed E-state index contributed by atoms with van der Waals surface area (Å²) in [7, 11) is 1.50. The molecular formula is C17H17N5O4. The summed E-state index contributed by atoms with van der Waals surface area (Å²) >= 11 is 0. The molecule has 0 saturated carbocycles. The van der Waals surface area contributed by atoms with Gasteiger partial charge in [0.1, 0.15) is 0 Å². The van der Waals surface area contributed by atoms with Gasteiger partial charge in [0.15, 0.2) is 5.69 Å². The number of rotatable bonds is 5. The van der Waals surface area contributed by atoms with E-state index < -0.39 is 11.8 Å². The molecule has 3 rings (SSSR count). The second kappa shape index (κ2) is 7.62. The zero-order valence-corrected chi connectivity index (χ0v) is 14.0. The van der Waals surface area contributed by atoms with Gasteiger partial charge < -0.3 is 9.72 Å². The zero-order chi connectivity index (χ0) is 18.5. The quantitative estimate of drug-likeness (QED) is 0.574. The van der Waals surface area contributed by atoms with Crippen LogP contribution in [-0.2, 0) is 11.3 Å². The van der Waals surface area contributed by atoms with Gasteiger partial charge in [-0.3, -0.25) is 25.2 Å². The number of hydrogen-bond acceptors (Lipinski definition) is 5. The Labute approximate surface area is 147 Å². The van der Waals surface area contributed by atoms with Gasteiger partial charge in [-0.1, -0.05) is 18.2 Å². The van der Waals surface area contributed by atoms with E-state index in [2.05, 4.69) is 20.9 Å². The molecule has 2 heterocycles. The minimum absolute atomic E-state index is 0.0000651. The van der Waals surface area contributed by atoms with Gasteiger partial charge in [0.2, 0.25) is 0 Å². The van der Waals surface area contributed by atoms with Crippen LogP contribution in [0.15, 0.2) is 47.4 Å². The molecule has 2 amide bonds. The van der Waals surface area contributed by atoms with Crippen molar-refractivity contribution in [1.82, 2.24) is 25.6 Å². The van der Waals surface area contributed by atoms with E-state index in [4.69, 9.17) is 4.74 Å². The normalized spacial score (nSPS) is 10.7. The van der Waals surface area contributed by atoms with Crippen LogP contribution in [0, 0.1) is 0 Å². The fourth-order valence-corrected chi connectivity index (χ4v) is 2.41. The summed E-state index contributed by atoms with van der Waals surface area (Å²) in [6.07, 6.45) is 1.56. The summed E-state index contributed by atoms with van der Waals surface area (Å²) in [4.78, 5) is 39.1. The molecule has 3 aromatic rings. The summed E-state index contributed by atoms with van der Waals surface area (Å²) in [6, 6.07) is 9.84. The number of ether oxygens (including phenoxy) is 1. The van der Waals surface area contributed by atoms with Crippen molar-refractivity contribution in [3.8, 4) is 0 Å². The number of methoxy groups -OCH3 is 1. The first kappa shape index (κ1) is 17.4. The number of fused-ring (bicyclic) bond motifs is 1. The number of benzene rings is 1. The highest BCUT2D eigenvalue weighted by atomic mass is 16.5. The second-order valence-electron chi connectivity index (χ2n) is 5.43. The molecular weight excluding hydrogens is 338 g/mol. The third kappa shape index (κ3) is 3.62. The monoisotopic (exact) mass is 355 g/mol. The van der Waals surface area contributed by atoms with Gasteiger partial charge in [-0.25, -0.2) is 4.68 Å². The number of hydrogen-bond donors (Lipinski definition) is 3. The molecule has 0 radical (unpaired) electrons. The lowest BCUT2D eigenvalue weighted by Gasteiger charge is -2.08. The fraction of sp³-hybridized carbons (Fsp3) is 0.176. The molecule has 0 saturated heterocycles. The average molecular weight is 355 g/mol. The van der Waals surface area contributed by atoms with E-state index >= 15 is 0 Å². The Morgan fingerprint density at radius 1 is 1.15 bits per heavy atom. The number of para-hydroxylation sites is 1. The minimum atomic E-state index is -0.635. The van der Waals surface area contributed by atoms with Crippen LogP contribution in [0.3, 0.4) is 0 Å². The van der Waals surface area contributed by atoms with Crippen LogP contribution in [0.4, 0.5) is 0 Å². The summed E-state index contributed by atoms with van der Waals surface area (Å²) in [5.41, 5.74) is 5.51. The standard InChI is InChI=1S/C17H17N5O4/c1-26-9-8-22-15(23)7-6-14(21-22)17(25)20-19-16(24)12-10-18-13-5-3-2-4-11(12)13/h2-7,10,18H,8-9H2,1H3,(H,19,24)(H,20,25). The first-order valence-electron chi connectivity index (χ1n) is 7.84. The van der Waals surface area contributed by atoms with Crippen molar-refractivity contribution >= 4 is 22.7 Å². The molecule has 0 aliphatic heterocycles. The van der Waals surface area contributed by atoms with Crippen molar-refractivity contribution in [3.05, 3.63) is 64.2 Å². The molecule has 0 spiro atoms. The Bertz CT molecular complexity index is 1010. The molecule has 0 aliphatic carbocycles. The number of nitrogens with zero attached hydrogens (tertiary/aromatic N) is 2. The smallest absolute Gasteiger partial charge is 0.290 e. The molecule has 0 fully saturated rings. The van der Waals surface area contributed by atoms with Crippen LogP contribution in [0.5, 0.6) is 0 Å². The maximum absolute atomic E-state index is 12.3. The van der Waals surface area contributed by atoms with Crippen molar-refractivity contribution in [2.75, 3.05) is 13.7 Å². The number of hydrazine groups is 1. The van der Waals surface area contributed by atoms with E-state index in [1.54, 1.807) is 12.3 Å². The van der Waals surface area contributed by atoms with E-state index in [9.17, 15) is 14.4 Å². The molecule has 9 heteroatoms. The predicted octanol–water partition coefficient (Wildman–Crippen LogP) is 0.446. The Morgan fingerprint density at radius 2 is 1.92 bits per heavy atom. The third-order valence-electron chi connectivity index (χ3n) is 3.73. The molecule has 0 aliphatic rings. The molecule has 0 bridgehead atoms. The highest BCUT2D eigenvalue weighted by Crippen LogP contribution is 2.17. The van der Waals surface area contributed by atoms with Crippen LogP contribution in [0.2, 0.25) is 0 Å².